The standard InChI is InChI=1S/C18H15N5O2/c24-18(10-5-13-11-19-17-4-2-1-3-16(13)17)25-15-8-6-14(7-9-15)23-12-20-21-22-23/h1-4,6-9,11-12,19H,5,10H2. The van der Waals surface area contributed by atoms with Crippen molar-refractivity contribution in [1.29, 1.82) is 0 Å². The van der Waals surface area contributed by atoms with Crippen LogP contribution in [0.4, 0.5) is 0 Å². The van der Waals surface area contributed by atoms with Crippen molar-refractivity contribution in [3.63, 3.8) is 0 Å². The summed E-state index contributed by atoms with van der Waals surface area (Å²) in [6, 6.07) is 15.1. The summed E-state index contributed by atoms with van der Waals surface area (Å²) in [5, 5.41) is 12.1. The number of ether oxygens (including phenoxy) is 1. The van der Waals surface area contributed by atoms with Crippen LogP contribution in [0.1, 0.15) is 12.0 Å². The van der Waals surface area contributed by atoms with E-state index in [-0.39, 0.29) is 5.97 Å². The number of hydrogen-bond acceptors (Lipinski definition) is 5. The van der Waals surface area contributed by atoms with Gasteiger partial charge in [0, 0.05) is 17.1 Å². The quantitative estimate of drug-likeness (QED) is 0.448. The van der Waals surface area contributed by atoms with Crippen LogP contribution in [0.5, 0.6) is 5.75 Å². The molecule has 4 rings (SSSR count). The lowest BCUT2D eigenvalue weighted by molar-refractivity contribution is -0.134. The Balaban J connectivity index is 1.37. The Bertz CT molecular complexity index is 990. The molecular formula is C18H15N5O2. The van der Waals surface area contributed by atoms with Crippen LogP contribution >= 0.6 is 0 Å². The molecule has 0 spiro atoms. The van der Waals surface area contributed by atoms with Gasteiger partial charge in [0.05, 0.1) is 12.1 Å². The lowest BCUT2D eigenvalue weighted by Gasteiger charge is -2.05. The number of H-pyrrole nitrogens is 1. The Morgan fingerprint density at radius 3 is 2.76 bits per heavy atom. The van der Waals surface area contributed by atoms with Crippen LogP contribution in [-0.2, 0) is 11.2 Å². The first kappa shape index (κ1) is 15.1. The normalized spacial score (nSPS) is 10.9. The molecule has 1 N–H and O–H groups in total. The van der Waals surface area contributed by atoms with Crippen molar-refractivity contribution in [3.05, 3.63) is 66.6 Å². The number of nitrogens with one attached hydrogen (secondary N) is 1. The summed E-state index contributed by atoms with van der Waals surface area (Å²) in [6.07, 6.45) is 4.39. The molecule has 0 fully saturated rings. The number of aromatic amines is 1. The van der Waals surface area contributed by atoms with Gasteiger partial charge in [-0.05, 0) is 52.7 Å². The van der Waals surface area contributed by atoms with Crippen molar-refractivity contribution in [3.8, 4) is 11.4 Å². The van der Waals surface area contributed by atoms with E-state index in [2.05, 4.69) is 20.5 Å². The van der Waals surface area contributed by atoms with Crippen molar-refractivity contribution in [2.45, 2.75) is 12.8 Å². The number of aromatic nitrogens is 5. The number of benzene rings is 2. The zero-order chi connectivity index (χ0) is 17.1. The molecule has 0 saturated carbocycles. The second kappa shape index (κ2) is 6.56. The maximum atomic E-state index is 12.1. The summed E-state index contributed by atoms with van der Waals surface area (Å²) in [7, 11) is 0. The summed E-state index contributed by atoms with van der Waals surface area (Å²) in [4.78, 5) is 15.3. The van der Waals surface area contributed by atoms with E-state index in [4.69, 9.17) is 4.74 Å². The highest BCUT2D eigenvalue weighted by Crippen LogP contribution is 2.20. The first-order valence-electron chi connectivity index (χ1n) is 7.89. The van der Waals surface area contributed by atoms with Gasteiger partial charge in [0.1, 0.15) is 12.1 Å². The molecular weight excluding hydrogens is 318 g/mol. The fourth-order valence-electron chi connectivity index (χ4n) is 2.70. The van der Waals surface area contributed by atoms with E-state index in [1.807, 2.05) is 30.5 Å². The summed E-state index contributed by atoms with van der Waals surface area (Å²) in [5.41, 5.74) is 2.98. The summed E-state index contributed by atoms with van der Waals surface area (Å²) >= 11 is 0. The van der Waals surface area contributed by atoms with Gasteiger partial charge in [-0.15, -0.1) is 5.10 Å². The molecule has 124 valence electrons. The fourth-order valence-corrected chi connectivity index (χ4v) is 2.70. The van der Waals surface area contributed by atoms with Crippen LogP contribution in [0.15, 0.2) is 61.1 Å². The van der Waals surface area contributed by atoms with Gasteiger partial charge in [-0.1, -0.05) is 18.2 Å². The molecule has 2 aromatic heterocycles. The van der Waals surface area contributed by atoms with E-state index >= 15 is 0 Å². The molecule has 0 atom stereocenters. The van der Waals surface area contributed by atoms with Crippen LogP contribution < -0.4 is 4.74 Å². The first-order chi connectivity index (χ1) is 12.3. The Morgan fingerprint density at radius 1 is 1.12 bits per heavy atom. The lowest BCUT2D eigenvalue weighted by atomic mass is 10.1. The second-order valence-electron chi connectivity index (χ2n) is 5.58. The number of carbonyl (C=O) groups excluding carboxylic acids is 1. The Morgan fingerprint density at radius 2 is 1.96 bits per heavy atom. The van der Waals surface area contributed by atoms with Crippen molar-refractivity contribution in [2.75, 3.05) is 0 Å². The van der Waals surface area contributed by atoms with Gasteiger partial charge >= 0.3 is 5.97 Å². The third kappa shape index (κ3) is 3.25. The number of rotatable bonds is 5. The SMILES string of the molecule is O=C(CCc1c[nH]c2ccccc12)Oc1ccc(-n2cnnn2)cc1. The molecule has 0 bridgehead atoms. The minimum absolute atomic E-state index is 0.263. The zero-order valence-corrected chi connectivity index (χ0v) is 13.3. The van der Waals surface area contributed by atoms with Gasteiger partial charge in [0.15, 0.2) is 0 Å². The van der Waals surface area contributed by atoms with Crippen LogP contribution in [-0.4, -0.2) is 31.2 Å². The van der Waals surface area contributed by atoms with E-state index in [1.54, 1.807) is 24.3 Å². The Hall–Kier alpha value is -3.48. The Labute approximate surface area is 143 Å². The maximum Gasteiger partial charge on any atom is 0.311 e. The number of esters is 1. The molecule has 0 saturated heterocycles. The summed E-state index contributed by atoms with van der Waals surface area (Å²) in [5.74, 6) is 0.237. The van der Waals surface area contributed by atoms with Crippen molar-refractivity contribution in [2.24, 2.45) is 0 Å². The fraction of sp³-hybridized carbons (Fsp3) is 0.111. The van der Waals surface area contributed by atoms with Crippen LogP contribution in [0, 0.1) is 0 Å². The van der Waals surface area contributed by atoms with Crippen LogP contribution in [0.25, 0.3) is 16.6 Å². The van der Waals surface area contributed by atoms with Crippen molar-refractivity contribution < 1.29 is 9.53 Å². The van der Waals surface area contributed by atoms with E-state index in [9.17, 15) is 4.79 Å². The van der Waals surface area contributed by atoms with E-state index in [0.29, 0.717) is 18.6 Å². The van der Waals surface area contributed by atoms with Crippen LogP contribution in [0.2, 0.25) is 0 Å². The molecule has 2 aromatic carbocycles. The minimum Gasteiger partial charge on any atom is -0.427 e. The molecule has 0 amide bonds. The highest BCUT2D eigenvalue weighted by molar-refractivity contribution is 5.83. The minimum atomic E-state index is -0.263. The molecule has 0 aliphatic heterocycles. The highest BCUT2D eigenvalue weighted by Gasteiger charge is 2.09. The van der Waals surface area contributed by atoms with E-state index < -0.39 is 0 Å². The number of tetrazole rings is 1. The number of aryl methyl sites for hydroxylation is 1. The zero-order valence-electron chi connectivity index (χ0n) is 13.3. The molecule has 25 heavy (non-hydrogen) atoms. The molecule has 2 heterocycles. The van der Waals surface area contributed by atoms with Gasteiger partial charge in [-0.3, -0.25) is 4.79 Å². The average Bonchev–Trinajstić information content (AvgIpc) is 3.31. The number of fused-ring (bicyclic) bond motifs is 1. The monoisotopic (exact) mass is 333 g/mol. The molecule has 7 nitrogen and oxygen atoms in total. The predicted octanol–water partition coefficient (Wildman–Crippen LogP) is 2.68. The van der Waals surface area contributed by atoms with Gasteiger partial charge in [0.25, 0.3) is 0 Å². The number of para-hydroxylation sites is 1. The van der Waals surface area contributed by atoms with Crippen molar-refractivity contribution >= 4 is 16.9 Å². The highest BCUT2D eigenvalue weighted by atomic mass is 16.5. The molecule has 0 radical (unpaired) electrons. The average molecular weight is 333 g/mol. The number of hydrogen-bond donors (Lipinski definition) is 1. The maximum absolute atomic E-state index is 12.1. The lowest BCUT2D eigenvalue weighted by Crippen LogP contribution is -2.09. The van der Waals surface area contributed by atoms with E-state index in [1.165, 1.54) is 11.0 Å². The molecule has 4 aromatic rings. The van der Waals surface area contributed by atoms with Crippen LogP contribution in [0.3, 0.4) is 0 Å². The topological polar surface area (TPSA) is 85.7 Å². The molecule has 7 heteroatoms. The Kier molecular flexibility index (Phi) is 3.96. The first-order valence-corrected chi connectivity index (χ1v) is 7.89. The van der Waals surface area contributed by atoms with Gasteiger partial charge in [-0.2, -0.15) is 0 Å². The van der Waals surface area contributed by atoms with Gasteiger partial charge < -0.3 is 9.72 Å². The third-order valence-electron chi connectivity index (χ3n) is 3.96. The molecule has 0 aliphatic rings. The molecule has 0 unspecified atom stereocenters. The predicted molar refractivity (Wildman–Crippen MR) is 91.4 cm³/mol. The van der Waals surface area contributed by atoms with Gasteiger partial charge in [0.2, 0.25) is 0 Å². The largest absolute Gasteiger partial charge is 0.427 e. The second-order valence-corrected chi connectivity index (χ2v) is 5.58. The van der Waals surface area contributed by atoms with Crippen molar-refractivity contribution in [1.82, 2.24) is 25.2 Å². The summed E-state index contributed by atoms with van der Waals surface area (Å²) in [6.45, 7) is 0. The number of nitrogens with zero attached hydrogens (tertiary/aromatic N) is 4. The third-order valence-corrected chi connectivity index (χ3v) is 3.96. The summed E-state index contributed by atoms with van der Waals surface area (Å²) < 4.78 is 6.92. The molecule has 0 aliphatic carbocycles. The van der Waals surface area contributed by atoms with Gasteiger partial charge in [-0.25, -0.2) is 4.68 Å². The number of carbonyl (C=O) groups is 1. The van der Waals surface area contributed by atoms with E-state index in [0.717, 1.165) is 22.2 Å². The smallest absolute Gasteiger partial charge is 0.311 e.